The SMILES string of the molecule is Cc1cc(C(=O)O[C@H]2CC3(C)C=C(C#N)C(=O)C(C)(C)C3O[C@H]2c2cc(O)c(O)c(O)c2)cc(O)c1O. The fourth-order valence-corrected chi connectivity index (χ4v) is 5.38. The lowest BCUT2D eigenvalue weighted by Crippen LogP contribution is -2.58. The Labute approximate surface area is 212 Å². The average molecular weight is 510 g/mol. The van der Waals surface area contributed by atoms with Crippen molar-refractivity contribution in [1.82, 2.24) is 0 Å². The van der Waals surface area contributed by atoms with Crippen molar-refractivity contribution in [3.05, 3.63) is 52.6 Å². The molecule has 1 aliphatic carbocycles. The predicted molar refractivity (Wildman–Crippen MR) is 128 cm³/mol. The molecule has 2 aromatic rings. The standard InChI is InChI=1S/C27H27NO9/c1-12-5-14(8-16(29)20(12)32)24(35)36-19-10-27(4)9-15(11-28)23(34)26(2,3)25(27)37-22(19)13-6-17(30)21(33)18(31)7-13/h5-9,19,22,25,29-33H,10H2,1-4H3/t19-,22-,25?,27?/m0/s1. The highest BCUT2D eigenvalue weighted by Crippen LogP contribution is 2.55. The molecule has 5 N–H and O–H groups in total. The maximum Gasteiger partial charge on any atom is 0.338 e. The van der Waals surface area contributed by atoms with E-state index < -0.39 is 63.9 Å². The number of rotatable bonds is 3. The number of hydrogen-bond donors (Lipinski definition) is 5. The molecule has 0 saturated carbocycles. The molecule has 2 unspecified atom stereocenters. The molecule has 4 rings (SSSR count). The summed E-state index contributed by atoms with van der Waals surface area (Å²) >= 11 is 0. The fourth-order valence-electron chi connectivity index (χ4n) is 5.38. The Morgan fingerprint density at radius 1 is 1.03 bits per heavy atom. The topological polar surface area (TPSA) is 178 Å². The van der Waals surface area contributed by atoms with Crippen LogP contribution in [0.25, 0.3) is 0 Å². The van der Waals surface area contributed by atoms with E-state index in [4.69, 9.17) is 9.47 Å². The molecule has 0 bridgehead atoms. The third-order valence-corrected chi connectivity index (χ3v) is 7.14. The van der Waals surface area contributed by atoms with E-state index in [-0.39, 0.29) is 34.4 Å². The number of esters is 1. The summed E-state index contributed by atoms with van der Waals surface area (Å²) in [5.74, 6) is -4.10. The molecule has 2 aliphatic rings. The van der Waals surface area contributed by atoms with E-state index in [1.54, 1.807) is 20.8 Å². The van der Waals surface area contributed by atoms with Gasteiger partial charge in [-0.15, -0.1) is 0 Å². The molecule has 1 fully saturated rings. The van der Waals surface area contributed by atoms with Crippen molar-refractivity contribution < 1.29 is 44.6 Å². The second-order valence-corrected chi connectivity index (χ2v) is 10.4. The van der Waals surface area contributed by atoms with Gasteiger partial charge in [-0.25, -0.2) is 4.79 Å². The highest BCUT2D eigenvalue weighted by Gasteiger charge is 2.58. The van der Waals surface area contributed by atoms with Crippen LogP contribution in [0.15, 0.2) is 35.9 Å². The lowest BCUT2D eigenvalue weighted by molar-refractivity contribution is -0.205. The van der Waals surface area contributed by atoms with Gasteiger partial charge >= 0.3 is 5.97 Å². The van der Waals surface area contributed by atoms with Crippen molar-refractivity contribution in [2.75, 3.05) is 0 Å². The van der Waals surface area contributed by atoms with Crippen LogP contribution in [0.1, 0.15) is 54.8 Å². The molecular weight excluding hydrogens is 482 g/mol. The summed E-state index contributed by atoms with van der Waals surface area (Å²) in [6.07, 6.45) is -1.29. The number of benzene rings is 2. The summed E-state index contributed by atoms with van der Waals surface area (Å²) in [5.41, 5.74) is -1.70. The summed E-state index contributed by atoms with van der Waals surface area (Å²) in [6, 6.07) is 6.65. The lowest BCUT2D eigenvalue weighted by Gasteiger charge is -2.53. The van der Waals surface area contributed by atoms with Gasteiger partial charge in [0, 0.05) is 5.41 Å². The van der Waals surface area contributed by atoms with Crippen molar-refractivity contribution in [3.8, 4) is 34.8 Å². The smallest absolute Gasteiger partial charge is 0.338 e. The number of carbonyl (C=O) groups excluding carboxylic acids is 2. The quantitative estimate of drug-likeness (QED) is 0.303. The van der Waals surface area contributed by atoms with Crippen LogP contribution in [-0.2, 0) is 14.3 Å². The van der Waals surface area contributed by atoms with E-state index >= 15 is 0 Å². The summed E-state index contributed by atoms with van der Waals surface area (Å²) < 4.78 is 12.2. The van der Waals surface area contributed by atoms with Crippen LogP contribution in [-0.4, -0.2) is 49.5 Å². The highest BCUT2D eigenvalue weighted by molar-refractivity contribution is 6.04. The van der Waals surface area contributed by atoms with Crippen LogP contribution in [0, 0.1) is 29.1 Å². The van der Waals surface area contributed by atoms with E-state index in [0.717, 1.165) is 18.2 Å². The van der Waals surface area contributed by atoms with Crippen molar-refractivity contribution in [2.24, 2.45) is 10.8 Å². The number of ether oxygens (including phenoxy) is 2. The van der Waals surface area contributed by atoms with E-state index in [1.807, 2.05) is 6.07 Å². The van der Waals surface area contributed by atoms with E-state index in [2.05, 4.69) is 0 Å². The zero-order valence-electron chi connectivity index (χ0n) is 20.6. The molecule has 0 radical (unpaired) electrons. The number of hydrogen-bond acceptors (Lipinski definition) is 10. The number of fused-ring (bicyclic) bond motifs is 1. The number of Topliss-reactive ketones (excluding diaryl/α,β-unsaturated/α-hetero) is 1. The number of nitriles is 1. The van der Waals surface area contributed by atoms with E-state index in [9.17, 15) is 40.4 Å². The van der Waals surface area contributed by atoms with Crippen LogP contribution >= 0.6 is 0 Å². The first-order chi connectivity index (χ1) is 17.2. The number of allylic oxidation sites excluding steroid dienone is 1. The van der Waals surface area contributed by atoms with Gasteiger partial charge in [0.1, 0.15) is 18.3 Å². The van der Waals surface area contributed by atoms with Crippen molar-refractivity contribution >= 4 is 11.8 Å². The number of nitrogens with zero attached hydrogens (tertiary/aromatic N) is 1. The Bertz CT molecular complexity index is 1340. The van der Waals surface area contributed by atoms with Gasteiger partial charge in [0.05, 0.1) is 22.7 Å². The van der Waals surface area contributed by atoms with Gasteiger partial charge in [0.15, 0.2) is 34.5 Å². The normalized spacial score (nSPS) is 26.5. The number of aryl methyl sites for hydroxylation is 1. The molecule has 194 valence electrons. The molecule has 10 heteroatoms. The Morgan fingerprint density at radius 3 is 2.19 bits per heavy atom. The van der Waals surface area contributed by atoms with Crippen LogP contribution in [0.5, 0.6) is 28.7 Å². The Hall–Kier alpha value is -4.23. The molecular formula is C27H27NO9. The Morgan fingerprint density at radius 2 is 1.62 bits per heavy atom. The Balaban J connectivity index is 1.80. The van der Waals surface area contributed by atoms with Gasteiger partial charge < -0.3 is 35.0 Å². The molecule has 1 heterocycles. The van der Waals surface area contributed by atoms with Gasteiger partial charge in [-0.05, 0) is 62.6 Å². The Kier molecular flexibility index (Phi) is 6.08. The van der Waals surface area contributed by atoms with Gasteiger partial charge in [-0.3, -0.25) is 4.79 Å². The van der Waals surface area contributed by atoms with Crippen LogP contribution in [0.4, 0.5) is 0 Å². The lowest BCUT2D eigenvalue weighted by atomic mass is 9.59. The zero-order chi connectivity index (χ0) is 27.4. The van der Waals surface area contributed by atoms with Gasteiger partial charge in [-0.1, -0.05) is 13.0 Å². The largest absolute Gasteiger partial charge is 0.504 e. The molecule has 4 atom stereocenters. The van der Waals surface area contributed by atoms with Gasteiger partial charge in [-0.2, -0.15) is 5.26 Å². The second-order valence-electron chi connectivity index (χ2n) is 10.4. The third kappa shape index (κ3) is 4.21. The molecule has 37 heavy (non-hydrogen) atoms. The maximum absolute atomic E-state index is 13.1. The first-order valence-electron chi connectivity index (χ1n) is 11.5. The van der Waals surface area contributed by atoms with Crippen LogP contribution < -0.4 is 0 Å². The number of aromatic hydroxyl groups is 5. The second kappa shape index (κ2) is 8.71. The minimum absolute atomic E-state index is 0.0325. The van der Waals surface area contributed by atoms with E-state index in [0.29, 0.717) is 0 Å². The number of ketones is 1. The molecule has 0 spiro atoms. The number of carbonyl (C=O) groups is 2. The van der Waals surface area contributed by atoms with Crippen molar-refractivity contribution in [2.45, 2.75) is 52.4 Å². The average Bonchev–Trinajstić information content (AvgIpc) is 2.82. The summed E-state index contributed by atoms with van der Waals surface area (Å²) in [7, 11) is 0. The molecule has 2 aromatic carbocycles. The summed E-state index contributed by atoms with van der Waals surface area (Å²) in [6.45, 7) is 6.59. The number of phenols is 5. The molecule has 0 aromatic heterocycles. The zero-order valence-corrected chi connectivity index (χ0v) is 20.6. The van der Waals surface area contributed by atoms with Crippen molar-refractivity contribution in [3.63, 3.8) is 0 Å². The minimum Gasteiger partial charge on any atom is -0.504 e. The molecule has 10 nitrogen and oxygen atoms in total. The number of phenolic OH excluding ortho intramolecular Hbond substituents is 5. The molecule has 0 amide bonds. The van der Waals surface area contributed by atoms with Crippen LogP contribution in [0.3, 0.4) is 0 Å². The van der Waals surface area contributed by atoms with E-state index in [1.165, 1.54) is 19.1 Å². The first-order valence-corrected chi connectivity index (χ1v) is 11.5. The summed E-state index contributed by atoms with van der Waals surface area (Å²) in [4.78, 5) is 26.1. The van der Waals surface area contributed by atoms with Crippen LogP contribution in [0.2, 0.25) is 0 Å². The predicted octanol–water partition coefficient (Wildman–Crippen LogP) is 3.64. The van der Waals surface area contributed by atoms with Crippen molar-refractivity contribution in [1.29, 1.82) is 5.26 Å². The van der Waals surface area contributed by atoms with Gasteiger partial charge in [0.25, 0.3) is 0 Å². The van der Waals surface area contributed by atoms with Gasteiger partial charge in [0.2, 0.25) is 0 Å². The fraction of sp³-hybridized carbons (Fsp3) is 0.370. The summed E-state index contributed by atoms with van der Waals surface area (Å²) in [5, 5.41) is 59.4. The monoisotopic (exact) mass is 509 g/mol. The third-order valence-electron chi connectivity index (χ3n) is 7.14. The first kappa shape index (κ1) is 25.9. The maximum atomic E-state index is 13.1. The highest BCUT2D eigenvalue weighted by atomic mass is 16.6. The molecule has 1 saturated heterocycles. The minimum atomic E-state index is -1.14. The molecule has 1 aliphatic heterocycles.